The summed E-state index contributed by atoms with van der Waals surface area (Å²) in [6.45, 7) is 2.78. The van der Waals surface area contributed by atoms with Crippen molar-refractivity contribution in [1.29, 1.82) is 0 Å². The van der Waals surface area contributed by atoms with Crippen LogP contribution in [0.2, 0.25) is 0 Å². The van der Waals surface area contributed by atoms with E-state index < -0.39 is 0 Å². The van der Waals surface area contributed by atoms with Gasteiger partial charge in [-0.25, -0.2) is 0 Å². The van der Waals surface area contributed by atoms with Gasteiger partial charge in [0.2, 0.25) is 0 Å². The molecule has 0 atom stereocenters. The number of carbonyl (C=O) groups is 1. The van der Waals surface area contributed by atoms with E-state index in [1.54, 1.807) is 12.1 Å². The van der Waals surface area contributed by atoms with Crippen LogP contribution in [0, 0.1) is 18.3 Å². The van der Waals surface area contributed by atoms with Crippen molar-refractivity contribution in [2.45, 2.75) is 32.6 Å². The lowest BCUT2D eigenvalue weighted by Crippen LogP contribution is -2.31. The third-order valence-electron chi connectivity index (χ3n) is 4.47. The topological polar surface area (TPSA) is 55.1 Å². The van der Waals surface area contributed by atoms with Crippen molar-refractivity contribution in [2.75, 3.05) is 12.3 Å². The van der Waals surface area contributed by atoms with Gasteiger partial charge in [0.15, 0.2) is 0 Å². The van der Waals surface area contributed by atoms with Crippen molar-refractivity contribution in [2.24, 2.45) is 11.3 Å². The number of anilines is 1. The van der Waals surface area contributed by atoms with E-state index in [-0.39, 0.29) is 5.91 Å². The van der Waals surface area contributed by atoms with Crippen molar-refractivity contribution in [3.8, 4) is 0 Å². The monoisotopic (exact) mass is 244 g/mol. The first-order valence-electron chi connectivity index (χ1n) is 6.75. The van der Waals surface area contributed by atoms with Crippen LogP contribution in [0.25, 0.3) is 0 Å². The summed E-state index contributed by atoms with van der Waals surface area (Å²) in [4.78, 5) is 12.1. The summed E-state index contributed by atoms with van der Waals surface area (Å²) < 4.78 is 0. The molecule has 0 heterocycles. The molecule has 1 amide bonds. The lowest BCUT2D eigenvalue weighted by atomic mass is 10.0. The summed E-state index contributed by atoms with van der Waals surface area (Å²) in [7, 11) is 0. The number of aryl methyl sites for hydroxylation is 1. The van der Waals surface area contributed by atoms with Crippen molar-refractivity contribution in [1.82, 2.24) is 5.32 Å². The Morgan fingerprint density at radius 2 is 2.17 bits per heavy atom. The summed E-state index contributed by atoms with van der Waals surface area (Å²) in [5.41, 5.74) is 8.63. The maximum atomic E-state index is 12.1. The molecule has 3 nitrogen and oxygen atoms in total. The van der Waals surface area contributed by atoms with Crippen molar-refractivity contribution in [3.05, 3.63) is 29.3 Å². The molecule has 0 saturated heterocycles. The Kier molecular flexibility index (Phi) is 2.58. The molecule has 0 aliphatic heterocycles. The fourth-order valence-corrected chi connectivity index (χ4v) is 2.76. The molecule has 0 bridgehead atoms. The van der Waals surface area contributed by atoms with Crippen LogP contribution in [0.1, 0.15) is 41.6 Å². The summed E-state index contributed by atoms with van der Waals surface area (Å²) in [6.07, 6.45) is 5.30. The minimum atomic E-state index is 0.0324. The number of carbonyl (C=O) groups excluding carboxylic acids is 1. The van der Waals surface area contributed by atoms with Gasteiger partial charge in [0, 0.05) is 17.8 Å². The maximum absolute atomic E-state index is 12.1. The minimum absolute atomic E-state index is 0.0324. The Balaban J connectivity index is 1.62. The highest BCUT2D eigenvalue weighted by Gasteiger charge is 2.53. The maximum Gasteiger partial charge on any atom is 0.251 e. The van der Waals surface area contributed by atoms with Gasteiger partial charge in [0.05, 0.1) is 0 Å². The van der Waals surface area contributed by atoms with Crippen LogP contribution in [-0.4, -0.2) is 12.5 Å². The number of nitrogens with one attached hydrogen (secondary N) is 1. The molecule has 18 heavy (non-hydrogen) atoms. The highest BCUT2D eigenvalue weighted by atomic mass is 16.1. The minimum Gasteiger partial charge on any atom is -0.399 e. The number of hydrogen-bond donors (Lipinski definition) is 2. The Hall–Kier alpha value is -1.51. The van der Waals surface area contributed by atoms with Crippen LogP contribution in [0.3, 0.4) is 0 Å². The predicted octanol–water partition coefficient (Wildman–Crippen LogP) is 2.50. The van der Waals surface area contributed by atoms with Crippen LogP contribution < -0.4 is 11.1 Å². The third-order valence-corrected chi connectivity index (χ3v) is 4.47. The molecule has 3 rings (SSSR count). The molecule has 2 aliphatic rings. The van der Waals surface area contributed by atoms with Gasteiger partial charge in [-0.05, 0) is 67.7 Å². The summed E-state index contributed by atoms with van der Waals surface area (Å²) in [5, 5.41) is 3.09. The predicted molar refractivity (Wildman–Crippen MR) is 72.3 cm³/mol. The molecule has 1 aromatic carbocycles. The van der Waals surface area contributed by atoms with Crippen LogP contribution >= 0.6 is 0 Å². The van der Waals surface area contributed by atoms with Gasteiger partial charge >= 0.3 is 0 Å². The molecule has 3 heteroatoms. The quantitative estimate of drug-likeness (QED) is 0.799. The van der Waals surface area contributed by atoms with E-state index in [4.69, 9.17) is 5.73 Å². The average Bonchev–Trinajstić information content (AvgIpc) is 3.22. The zero-order valence-corrected chi connectivity index (χ0v) is 10.8. The first-order chi connectivity index (χ1) is 8.61. The number of amides is 1. The van der Waals surface area contributed by atoms with E-state index in [2.05, 4.69) is 5.32 Å². The van der Waals surface area contributed by atoms with E-state index in [1.807, 2.05) is 13.0 Å². The Morgan fingerprint density at radius 1 is 1.44 bits per heavy atom. The summed E-state index contributed by atoms with van der Waals surface area (Å²) in [6, 6.07) is 5.47. The van der Waals surface area contributed by atoms with Gasteiger partial charge in [0.1, 0.15) is 0 Å². The van der Waals surface area contributed by atoms with Crippen LogP contribution in [0.15, 0.2) is 18.2 Å². The zero-order chi connectivity index (χ0) is 12.8. The lowest BCUT2D eigenvalue weighted by molar-refractivity contribution is 0.0942. The van der Waals surface area contributed by atoms with Crippen molar-refractivity contribution >= 4 is 11.6 Å². The second kappa shape index (κ2) is 4.01. The van der Waals surface area contributed by atoms with E-state index in [0.29, 0.717) is 11.0 Å². The summed E-state index contributed by atoms with van der Waals surface area (Å²) >= 11 is 0. The number of rotatable bonds is 4. The highest BCUT2D eigenvalue weighted by molar-refractivity contribution is 5.94. The molecule has 0 spiro atoms. The van der Waals surface area contributed by atoms with Gasteiger partial charge in [-0.2, -0.15) is 0 Å². The molecule has 0 aromatic heterocycles. The standard InChI is InChI=1S/C15H20N2O/c1-10-8-11(2-5-13(10)16)14(18)17-9-15(6-7-15)12-3-4-12/h2,5,8,12H,3-4,6-7,9,16H2,1H3,(H,17,18). The fraction of sp³-hybridized carbons (Fsp3) is 0.533. The zero-order valence-electron chi connectivity index (χ0n) is 10.8. The third kappa shape index (κ3) is 2.09. The molecule has 1 aromatic rings. The Labute approximate surface area is 108 Å². The average molecular weight is 244 g/mol. The van der Waals surface area contributed by atoms with Crippen molar-refractivity contribution in [3.63, 3.8) is 0 Å². The van der Waals surface area contributed by atoms with Gasteiger partial charge in [0.25, 0.3) is 5.91 Å². The largest absolute Gasteiger partial charge is 0.399 e. The van der Waals surface area contributed by atoms with Crippen molar-refractivity contribution < 1.29 is 4.79 Å². The Bertz CT molecular complexity index is 487. The molecule has 96 valence electrons. The summed E-state index contributed by atoms with van der Waals surface area (Å²) in [5.74, 6) is 0.913. The van der Waals surface area contributed by atoms with Crippen LogP contribution in [0.4, 0.5) is 5.69 Å². The molecular weight excluding hydrogens is 224 g/mol. The lowest BCUT2D eigenvalue weighted by Gasteiger charge is -2.15. The van der Waals surface area contributed by atoms with Gasteiger partial charge in [-0.3, -0.25) is 4.79 Å². The normalized spacial score (nSPS) is 20.5. The molecule has 2 fully saturated rings. The highest BCUT2D eigenvalue weighted by Crippen LogP contribution is 2.60. The van der Waals surface area contributed by atoms with E-state index in [9.17, 15) is 4.79 Å². The van der Waals surface area contributed by atoms with Gasteiger partial charge < -0.3 is 11.1 Å². The van der Waals surface area contributed by atoms with Gasteiger partial charge in [-0.15, -0.1) is 0 Å². The molecule has 0 unspecified atom stereocenters. The number of nitrogen functional groups attached to an aromatic ring is 1. The molecule has 2 aliphatic carbocycles. The smallest absolute Gasteiger partial charge is 0.251 e. The Morgan fingerprint density at radius 3 is 2.72 bits per heavy atom. The van der Waals surface area contributed by atoms with E-state index in [0.717, 1.165) is 23.7 Å². The van der Waals surface area contributed by atoms with E-state index in [1.165, 1.54) is 25.7 Å². The number of nitrogens with two attached hydrogens (primary N) is 1. The van der Waals surface area contributed by atoms with Crippen LogP contribution in [0.5, 0.6) is 0 Å². The molecular formula is C15H20N2O. The number of hydrogen-bond acceptors (Lipinski definition) is 2. The van der Waals surface area contributed by atoms with Gasteiger partial charge in [-0.1, -0.05) is 0 Å². The van der Waals surface area contributed by atoms with Crippen LogP contribution in [-0.2, 0) is 0 Å². The SMILES string of the molecule is Cc1cc(C(=O)NCC2(C3CC3)CC2)ccc1N. The first-order valence-corrected chi connectivity index (χ1v) is 6.75. The second-order valence-electron chi connectivity index (χ2n) is 5.89. The number of benzene rings is 1. The van der Waals surface area contributed by atoms with E-state index >= 15 is 0 Å². The molecule has 3 N–H and O–H groups in total. The fourth-order valence-electron chi connectivity index (χ4n) is 2.76. The second-order valence-corrected chi connectivity index (χ2v) is 5.89. The molecule has 0 radical (unpaired) electrons. The first kappa shape index (κ1) is 11.6. The molecule has 2 saturated carbocycles.